The van der Waals surface area contributed by atoms with Gasteiger partial charge in [-0.1, -0.05) is 229 Å². The third kappa shape index (κ3) is 45.4. The first-order valence-corrected chi connectivity index (χ1v) is 25.6. The van der Waals surface area contributed by atoms with E-state index < -0.39 is 18.2 Å². The van der Waals surface area contributed by atoms with E-state index in [0.29, 0.717) is 6.42 Å². The number of amides is 1. The highest BCUT2D eigenvalue weighted by atomic mass is 16.3. The van der Waals surface area contributed by atoms with Crippen LogP contribution in [-0.4, -0.2) is 46.1 Å². The van der Waals surface area contributed by atoms with Crippen LogP contribution in [-0.2, 0) is 4.79 Å². The lowest BCUT2D eigenvalue weighted by Gasteiger charge is -2.21. The van der Waals surface area contributed by atoms with Crippen LogP contribution in [0.5, 0.6) is 0 Å². The van der Waals surface area contributed by atoms with Gasteiger partial charge in [0.15, 0.2) is 0 Å². The van der Waals surface area contributed by atoms with Gasteiger partial charge in [-0.15, -0.1) is 0 Å². The van der Waals surface area contributed by atoms with Crippen LogP contribution in [0.4, 0.5) is 0 Å². The number of carbonyl (C=O) groups excluding carboxylic acids is 1. The smallest absolute Gasteiger partial charge is 0.222 e. The number of unbranched alkanes of at least 4 members (excludes halogenated alkanes) is 29. The third-order valence-electron chi connectivity index (χ3n) is 11.5. The summed E-state index contributed by atoms with van der Waals surface area (Å²) in [6.45, 7) is 4.19. The van der Waals surface area contributed by atoms with Crippen molar-refractivity contribution in [2.24, 2.45) is 0 Å². The number of rotatable bonds is 46. The van der Waals surface area contributed by atoms with Crippen molar-refractivity contribution in [2.45, 2.75) is 270 Å². The number of nitrogens with one attached hydrogen (secondary N) is 1. The summed E-state index contributed by atoms with van der Waals surface area (Å²) in [6, 6.07) is -0.769. The van der Waals surface area contributed by atoms with E-state index in [1.54, 1.807) is 6.08 Å². The summed E-state index contributed by atoms with van der Waals surface area (Å²) >= 11 is 0. The number of carbonyl (C=O) groups is 1. The second-order valence-corrected chi connectivity index (χ2v) is 17.4. The molecule has 3 atom stereocenters. The molecule has 0 aliphatic carbocycles. The Kier molecular flexibility index (Phi) is 47.1. The Morgan fingerprint density at radius 2 is 0.780 bits per heavy atom. The molecule has 0 aromatic rings. The number of hydrogen-bond acceptors (Lipinski definition) is 4. The van der Waals surface area contributed by atoms with Gasteiger partial charge in [0.2, 0.25) is 5.91 Å². The molecule has 0 heterocycles. The quantitative estimate of drug-likeness (QED) is 0.0363. The highest BCUT2D eigenvalue weighted by molar-refractivity contribution is 5.76. The Bertz CT molecular complexity index is 1000. The summed E-state index contributed by atoms with van der Waals surface area (Å²) in [6.07, 6.45) is 65.3. The summed E-state index contributed by atoms with van der Waals surface area (Å²) < 4.78 is 0. The Hall–Kier alpha value is -1.95. The number of aliphatic hydroxyl groups excluding tert-OH is 3. The summed E-state index contributed by atoms with van der Waals surface area (Å²) in [5, 5.41) is 33.3. The highest BCUT2D eigenvalue weighted by Gasteiger charge is 2.20. The van der Waals surface area contributed by atoms with Crippen molar-refractivity contribution in [1.82, 2.24) is 5.32 Å². The van der Waals surface area contributed by atoms with E-state index in [0.717, 1.165) is 44.9 Å². The second-order valence-electron chi connectivity index (χ2n) is 17.4. The van der Waals surface area contributed by atoms with Gasteiger partial charge in [0, 0.05) is 0 Å². The average molecular weight is 826 g/mol. The van der Waals surface area contributed by atoms with Gasteiger partial charge in [0.25, 0.3) is 0 Å². The van der Waals surface area contributed by atoms with Gasteiger partial charge in [0.05, 0.1) is 31.3 Å². The van der Waals surface area contributed by atoms with Gasteiger partial charge in [-0.2, -0.15) is 0 Å². The molecule has 0 bridgehead atoms. The van der Waals surface area contributed by atoms with Crippen LogP contribution in [0, 0.1) is 0 Å². The molecule has 1 amide bonds. The van der Waals surface area contributed by atoms with Gasteiger partial charge >= 0.3 is 0 Å². The van der Waals surface area contributed by atoms with Crippen molar-refractivity contribution in [1.29, 1.82) is 0 Å². The fourth-order valence-electron chi connectivity index (χ4n) is 7.58. The van der Waals surface area contributed by atoms with Gasteiger partial charge in [0.1, 0.15) is 0 Å². The van der Waals surface area contributed by atoms with Crippen molar-refractivity contribution < 1.29 is 20.1 Å². The Morgan fingerprint density at radius 3 is 1.19 bits per heavy atom. The molecule has 5 nitrogen and oxygen atoms in total. The zero-order valence-corrected chi connectivity index (χ0v) is 39.1. The number of aliphatic hydroxyl groups is 3. The molecule has 344 valence electrons. The van der Waals surface area contributed by atoms with E-state index in [1.165, 1.54) is 180 Å². The molecule has 5 heteroatoms. The van der Waals surface area contributed by atoms with Crippen molar-refractivity contribution in [3.8, 4) is 0 Å². The molecule has 0 fully saturated rings. The van der Waals surface area contributed by atoms with E-state index in [4.69, 9.17) is 0 Å². The lowest BCUT2D eigenvalue weighted by atomic mass is 10.0. The second kappa shape index (κ2) is 48.7. The Morgan fingerprint density at radius 1 is 0.441 bits per heavy atom. The Balaban J connectivity index is 3.62. The molecule has 0 radical (unpaired) electrons. The molecule has 0 aromatic heterocycles. The fourth-order valence-corrected chi connectivity index (χ4v) is 7.58. The maximum absolute atomic E-state index is 12.5. The summed E-state index contributed by atoms with van der Waals surface area (Å²) in [5.74, 6) is -0.331. The van der Waals surface area contributed by atoms with Crippen molar-refractivity contribution >= 4 is 5.91 Å². The molecule has 0 saturated heterocycles. The van der Waals surface area contributed by atoms with Gasteiger partial charge < -0.3 is 20.6 Å². The molecule has 59 heavy (non-hydrogen) atoms. The molecular weight excluding hydrogens is 727 g/mol. The molecule has 0 rings (SSSR count). The van der Waals surface area contributed by atoms with Crippen LogP contribution >= 0.6 is 0 Å². The minimum atomic E-state index is -0.961. The molecule has 0 saturated carbocycles. The van der Waals surface area contributed by atoms with E-state index >= 15 is 0 Å². The van der Waals surface area contributed by atoms with Crippen molar-refractivity contribution in [3.05, 3.63) is 60.8 Å². The summed E-state index contributed by atoms with van der Waals surface area (Å²) in [7, 11) is 0. The topological polar surface area (TPSA) is 89.8 Å². The predicted molar refractivity (Wildman–Crippen MR) is 259 cm³/mol. The van der Waals surface area contributed by atoms with Gasteiger partial charge in [-0.25, -0.2) is 0 Å². The van der Waals surface area contributed by atoms with Crippen LogP contribution in [0.2, 0.25) is 0 Å². The normalized spacial score (nSPS) is 13.9. The maximum atomic E-state index is 12.5. The lowest BCUT2D eigenvalue weighted by Crippen LogP contribution is -2.45. The van der Waals surface area contributed by atoms with E-state index in [2.05, 4.69) is 67.8 Å². The van der Waals surface area contributed by atoms with Crippen LogP contribution in [0.3, 0.4) is 0 Å². The first-order valence-electron chi connectivity index (χ1n) is 25.6. The third-order valence-corrected chi connectivity index (χ3v) is 11.5. The summed E-state index contributed by atoms with van der Waals surface area (Å²) in [5.41, 5.74) is 0. The van der Waals surface area contributed by atoms with Crippen LogP contribution in [0.25, 0.3) is 0 Å². The van der Waals surface area contributed by atoms with E-state index in [9.17, 15) is 20.1 Å². The molecule has 0 aromatic carbocycles. The predicted octanol–water partition coefficient (Wildman–Crippen LogP) is 15.4. The van der Waals surface area contributed by atoms with E-state index in [-0.39, 0.29) is 18.9 Å². The molecule has 0 spiro atoms. The van der Waals surface area contributed by atoms with Crippen LogP contribution in [0.1, 0.15) is 251 Å². The molecule has 0 aliphatic heterocycles. The van der Waals surface area contributed by atoms with Crippen molar-refractivity contribution in [2.75, 3.05) is 6.61 Å². The average Bonchev–Trinajstić information content (AvgIpc) is 3.23. The molecule has 0 aliphatic rings. The number of hydrogen-bond donors (Lipinski definition) is 4. The summed E-state index contributed by atoms with van der Waals surface area (Å²) in [4.78, 5) is 12.5. The minimum absolute atomic E-state index is 0.000275. The van der Waals surface area contributed by atoms with E-state index in [1.807, 2.05) is 6.08 Å². The lowest BCUT2D eigenvalue weighted by molar-refractivity contribution is -0.124. The molecule has 3 unspecified atom stereocenters. The monoisotopic (exact) mass is 826 g/mol. The zero-order valence-electron chi connectivity index (χ0n) is 39.1. The van der Waals surface area contributed by atoms with Crippen LogP contribution < -0.4 is 5.32 Å². The standard InChI is InChI=1S/C54H99NO4/c1-3-5-7-9-11-13-15-17-19-20-21-22-23-24-25-26-27-28-29-30-31-32-34-35-37-39-41-43-45-47-51(57)49-54(59)55-52(50-56)53(58)48-46-44-42-40-38-36-33-18-16-14-12-10-8-6-4-2/h16,18,21-22,24-25,38,40,46,48,51-53,56-58H,3-15,17,19-20,23,26-37,39,41-45,47,49-50H2,1-2H3,(H,55,59)/b18-16+,22-21-,25-24-,40-38+,48-46+. The SMILES string of the molecule is CCCCCCC/C=C/CC/C=C/CC/C=C/C(O)C(CO)NC(=O)CC(O)CCCCCCCCCCCCCCC/C=C\C/C=C\CCCCCCCCCCC. The largest absolute Gasteiger partial charge is 0.394 e. The fraction of sp³-hybridized carbons (Fsp3) is 0.796. The van der Waals surface area contributed by atoms with Crippen LogP contribution in [0.15, 0.2) is 60.8 Å². The molecular formula is C54H99NO4. The van der Waals surface area contributed by atoms with Gasteiger partial charge in [-0.05, 0) is 77.0 Å². The van der Waals surface area contributed by atoms with Gasteiger partial charge in [-0.3, -0.25) is 4.79 Å². The molecule has 4 N–H and O–H groups in total. The number of allylic oxidation sites excluding steroid dienone is 9. The minimum Gasteiger partial charge on any atom is -0.394 e. The first kappa shape index (κ1) is 57.1. The zero-order chi connectivity index (χ0) is 43.0. The highest BCUT2D eigenvalue weighted by Crippen LogP contribution is 2.15. The maximum Gasteiger partial charge on any atom is 0.222 e. The first-order chi connectivity index (χ1) is 29.0. The van der Waals surface area contributed by atoms with Crippen molar-refractivity contribution in [3.63, 3.8) is 0 Å². The Labute approximate surface area is 367 Å².